The molecule has 1 saturated heterocycles. The number of aliphatic carboxylic acids is 1. The van der Waals surface area contributed by atoms with E-state index in [2.05, 4.69) is 28.9 Å². The monoisotopic (exact) mass is 248 g/mol. The molecule has 1 unspecified atom stereocenters. The van der Waals surface area contributed by atoms with E-state index >= 15 is 0 Å². The van der Waals surface area contributed by atoms with Gasteiger partial charge < -0.3 is 14.9 Å². The van der Waals surface area contributed by atoms with E-state index in [9.17, 15) is 4.79 Å². The summed E-state index contributed by atoms with van der Waals surface area (Å²) in [5.41, 5.74) is 1.12. The molecule has 0 spiro atoms. The smallest absolute Gasteiger partial charge is 0.305 e. The van der Waals surface area contributed by atoms with E-state index in [1.54, 1.807) is 0 Å². The Kier molecular flexibility index (Phi) is 3.87. The molecule has 0 saturated carbocycles. The highest BCUT2D eigenvalue weighted by Crippen LogP contribution is 2.25. The summed E-state index contributed by atoms with van der Waals surface area (Å²) < 4.78 is 0. The van der Waals surface area contributed by atoms with Crippen LogP contribution < -0.4 is 4.90 Å². The molecule has 1 fully saturated rings. The second kappa shape index (κ2) is 5.40. The minimum Gasteiger partial charge on any atom is -0.481 e. The summed E-state index contributed by atoms with van der Waals surface area (Å²) in [4.78, 5) is 15.5. The number of rotatable bonds is 3. The van der Waals surface area contributed by atoms with Gasteiger partial charge in [-0.3, -0.25) is 4.79 Å². The van der Waals surface area contributed by atoms with Gasteiger partial charge in [0.05, 0.1) is 12.5 Å². The number of anilines is 1. The van der Waals surface area contributed by atoms with Crippen molar-refractivity contribution in [1.29, 1.82) is 0 Å². The van der Waals surface area contributed by atoms with Gasteiger partial charge in [-0.2, -0.15) is 0 Å². The van der Waals surface area contributed by atoms with E-state index in [4.69, 9.17) is 5.11 Å². The summed E-state index contributed by atoms with van der Waals surface area (Å²) in [7, 11) is 2.05. The SMILES string of the molecule is C[C@H]1CN(C)CC(CC(=O)O)N1c1ccccc1. The van der Waals surface area contributed by atoms with Crippen LogP contribution in [0.15, 0.2) is 30.3 Å². The molecule has 1 N–H and O–H groups in total. The van der Waals surface area contributed by atoms with E-state index in [1.807, 2.05) is 25.2 Å². The van der Waals surface area contributed by atoms with Crippen LogP contribution in [0.25, 0.3) is 0 Å². The first-order valence-electron chi connectivity index (χ1n) is 6.31. The van der Waals surface area contributed by atoms with Crippen LogP contribution in [-0.2, 0) is 4.79 Å². The first-order chi connectivity index (χ1) is 8.58. The molecule has 1 aromatic carbocycles. The quantitative estimate of drug-likeness (QED) is 0.883. The zero-order valence-corrected chi connectivity index (χ0v) is 10.9. The Morgan fingerprint density at radius 1 is 1.33 bits per heavy atom. The normalized spacial score (nSPS) is 25.1. The van der Waals surface area contributed by atoms with Gasteiger partial charge in [0.2, 0.25) is 0 Å². The van der Waals surface area contributed by atoms with Crippen molar-refractivity contribution >= 4 is 11.7 Å². The Labute approximate surface area is 108 Å². The molecule has 1 aliphatic heterocycles. The highest BCUT2D eigenvalue weighted by Gasteiger charge is 2.31. The van der Waals surface area contributed by atoms with Crippen LogP contribution in [-0.4, -0.2) is 48.2 Å². The summed E-state index contributed by atoms with van der Waals surface area (Å²) in [6.45, 7) is 3.91. The maximum atomic E-state index is 11.0. The van der Waals surface area contributed by atoms with Crippen molar-refractivity contribution in [3.8, 4) is 0 Å². The summed E-state index contributed by atoms with van der Waals surface area (Å²) in [5.74, 6) is -0.733. The van der Waals surface area contributed by atoms with Crippen molar-refractivity contribution < 1.29 is 9.90 Å². The topological polar surface area (TPSA) is 43.8 Å². The maximum Gasteiger partial charge on any atom is 0.305 e. The third-order valence-corrected chi connectivity index (χ3v) is 3.43. The highest BCUT2D eigenvalue weighted by atomic mass is 16.4. The largest absolute Gasteiger partial charge is 0.481 e. The van der Waals surface area contributed by atoms with Gasteiger partial charge >= 0.3 is 5.97 Å². The predicted octanol–water partition coefficient (Wildman–Crippen LogP) is 1.67. The van der Waals surface area contributed by atoms with Crippen molar-refractivity contribution in [3.05, 3.63) is 30.3 Å². The van der Waals surface area contributed by atoms with Crippen molar-refractivity contribution in [2.45, 2.75) is 25.4 Å². The van der Waals surface area contributed by atoms with Gasteiger partial charge in [-0.15, -0.1) is 0 Å². The van der Waals surface area contributed by atoms with E-state index in [0.717, 1.165) is 18.8 Å². The highest BCUT2D eigenvalue weighted by molar-refractivity contribution is 5.69. The average Bonchev–Trinajstić information content (AvgIpc) is 2.28. The van der Waals surface area contributed by atoms with Crippen molar-refractivity contribution in [2.24, 2.45) is 0 Å². The molecule has 0 aromatic heterocycles. The van der Waals surface area contributed by atoms with Gasteiger partial charge in [-0.25, -0.2) is 0 Å². The molecule has 0 radical (unpaired) electrons. The van der Waals surface area contributed by atoms with Crippen LogP contribution in [0, 0.1) is 0 Å². The number of benzene rings is 1. The molecular formula is C14H20N2O2. The lowest BCUT2D eigenvalue weighted by atomic mass is 10.0. The molecule has 18 heavy (non-hydrogen) atoms. The first kappa shape index (κ1) is 12.9. The van der Waals surface area contributed by atoms with Crippen molar-refractivity contribution in [3.63, 3.8) is 0 Å². The molecule has 1 aromatic rings. The summed E-state index contributed by atoms with van der Waals surface area (Å²) in [6, 6.07) is 10.5. The number of para-hydroxylation sites is 1. The van der Waals surface area contributed by atoms with Crippen LogP contribution in [0.2, 0.25) is 0 Å². The number of hydrogen-bond donors (Lipinski definition) is 1. The second-order valence-electron chi connectivity index (χ2n) is 5.06. The molecule has 2 rings (SSSR count). The molecule has 0 aliphatic carbocycles. The Morgan fingerprint density at radius 2 is 2.00 bits per heavy atom. The zero-order valence-electron chi connectivity index (χ0n) is 10.9. The number of carbonyl (C=O) groups is 1. The van der Waals surface area contributed by atoms with Crippen LogP contribution in [0.1, 0.15) is 13.3 Å². The Bertz CT molecular complexity index is 408. The van der Waals surface area contributed by atoms with Crippen LogP contribution in [0.5, 0.6) is 0 Å². The van der Waals surface area contributed by atoms with Gasteiger partial charge in [0, 0.05) is 24.8 Å². The fourth-order valence-corrected chi connectivity index (χ4v) is 2.85. The fourth-order valence-electron chi connectivity index (χ4n) is 2.85. The van der Waals surface area contributed by atoms with Gasteiger partial charge in [0.25, 0.3) is 0 Å². The van der Waals surface area contributed by atoms with Crippen molar-refractivity contribution in [1.82, 2.24) is 4.90 Å². The minimum atomic E-state index is -0.733. The second-order valence-corrected chi connectivity index (χ2v) is 5.06. The summed E-state index contributed by atoms with van der Waals surface area (Å²) >= 11 is 0. The standard InChI is InChI=1S/C14H20N2O2/c1-11-9-15(2)10-13(8-14(17)18)16(11)12-6-4-3-5-7-12/h3-7,11,13H,8-10H2,1-2H3,(H,17,18)/t11-,13?/m0/s1. The van der Waals surface area contributed by atoms with Gasteiger partial charge in [0.15, 0.2) is 0 Å². The van der Waals surface area contributed by atoms with E-state index < -0.39 is 5.97 Å². The molecule has 2 atom stereocenters. The average molecular weight is 248 g/mol. The van der Waals surface area contributed by atoms with Gasteiger partial charge in [-0.1, -0.05) is 18.2 Å². The molecular weight excluding hydrogens is 228 g/mol. The first-order valence-corrected chi connectivity index (χ1v) is 6.31. The van der Waals surface area contributed by atoms with E-state index in [0.29, 0.717) is 6.04 Å². The molecule has 4 heteroatoms. The van der Waals surface area contributed by atoms with Crippen LogP contribution in [0.4, 0.5) is 5.69 Å². The van der Waals surface area contributed by atoms with Crippen LogP contribution in [0.3, 0.4) is 0 Å². The number of hydrogen-bond acceptors (Lipinski definition) is 3. The van der Waals surface area contributed by atoms with Gasteiger partial charge in [-0.05, 0) is 26.1 Å². The number of likely N-dealkylation sites (N-methyl/N-ethyl adjacent to an activating group) is 1. The zero-order chi connectivity index (χ0) is 13.1. The lowest BCUT2D eigenvalue weighted by molar-refractivity contribution is -0.137. The Morgan fingerprint density at radius 3 is 2.61 bits per heavy atom. The van der Waals surface area contributed by atoms with Crippen molar-refractivity contribution in [2.75, 3.05) is 25.0 Å². The minimum absolute atomic E-state index is 0.0404. The third-order valence-electron chi connectivity index (χ3n) is 3.43. The van der Waals surface area contributed by atoms with Crippen LogP contribution >= 0.6 is 0 Å². The molecule has 1 heterocycles. The molecule has 0 amide bonds. The Hall–Kier alpha value is -1.55. The van der Waals surface area contributed by atoms with E-state index in [-0.39, 0.29) is 12.5 Å². The summed E-state index contributed by atoms with van der Waals surface area (Å²) in [5, 5.41) is 9.06. The van der Waals surface area contributed by atoms with E-state index in [1.165, 1.54) is 0 Å². The lowest BCUT2D eigenvalue weighted by Crippen LogP contribution is -2.57. The third kappa shape index (κ3) is 2.82. The number of nitrogens with zero attached hydrogens (tertiary/aromatic N) is 2. The Balaban J connectivity index is 2.24. The summed E-state index contributed by atoms with van der Waals surface area (Å²) in [6.07, 6.45) is 0.184. The number of piperazine rings is 1. The molecule has 1 aliphatic rings. The predicted molar refractivity (Wildman–Crippen MR) is 71.9 cm³/mol. The fraction of sp³-hybridized carbons (Fsp3) is 0.500. The molecule has 98 valence electrons. The van der Waals surface area contributed by atoms with Gasteiger partial charge in [0.1, 0.15) is 0 Å². The molecule has 0 bridgehead atoms. The lowest BCUT2D eigenvalue weighted by Gasteiger charge is -2.45. The molecule has 4 nitrogen and oxygen atoms in total. The number of carboxylic acid groups (broad SMARTS) is 1. The maximum absolute atomic E-state index is 11.0. The number of carboxylic acids is 1.